The van der Waals surface area contributed by atoms with Crippen molar-refractivity contribution in [2.45, 2.75) is 63.3 Å². The number of aliphatic hydroxyl groups excluding tert-OH is 1. The molecule has 2 aromatic rings. The van der Waals surface area contributed by atoms with Crippen LogP contribution in [0, 0.1) is 0 Å². The lowest BCUT2D eigenvalue weighted by Crippen LogP contribution is -2.38. The Morgan fingerprint density at radius 3 is 2.11 bits per heavy atom. The zero-order chi connectivity index (χ0) is 19.2. The minimum absolute atomic E-state index is 0.131. The predicted octanol–water partition coefficient (Wildman–Crippen LogP) is 3.27. The first-order valence-corrected chi connectivity index (χ1v) is 10.5. The fraction of sp³-hybridized carbons (Fsp3) is 0.545. The summed E-state index contributed by atoms with van der Waals surface area (Å²) < 4.78 is 0. The Kier molecular flexibility index (Phi) is 6.39. The summed E-state index contributed by atoms with van der Waals surface area (Å²) in [6, 6.07) is 13.6. The van der Waals surface area contributed by atoms with Gasteiger partial charge in [0, 0.05) is 37.8 Å². The number of aliphatic hydroxyl groups is 1. The van der Waals surface area contributed by atoms with E-state index in [0.717, 1.165) is 69.8 Å². The molecule has 3 N–H and O–H groups in total. The number of likely N-dealkylation sites (tertiary alicyclic amines) is 1. The molecule has 0 unspecified atom stereocenters. The second kappa shape index (κ2) is 9.34. The van der Waals surface area contributed by atoms with E-state index in [9.17, 15) is 5.11 Å². The quantitative estimate of drug-likeness (QED) is 0.713. The summed E-state index contributed by atoms with van der Waals surface area (Å²) in [5.41, 5.74) is 1.38. The van der Waals surface area contributed by atoms with E-state index < -0.39 is 0 Å². The first-order valence-electron chi connectivity index (χ1n) is 10.5. The van der Waals surface area contributed by atoms with Gasteiger partial charge in [-0.1, -0.05) is 30.3 Å². The molecule has 1 saturated heterocycles. The lowest BCUT2D eigenvalue weighted by atomic mass is 9.93. The van der Waals surface area contributed by atoms with Crippen LogP contribution in [0.15, 0.2) is 42.7 Å². The minimum Gasteiger partial charge on any atom is -0.393 e. The molecule has 2 heterocycles. The Hall–Kier alpha value is -2.18. The highest BCUT2D eigenvalue weighted by Gasteiger charge is 2.21. The summed E-state index contributed by atoms with van der Waals surface area (Å²) in [6.45, 7) is 3.24. The molecule has 2 fully saturated rings. The number of benzene rings is 1. The maximum Gasteiger partial charge on any atom is 0.131 e. The Morgan fingerprint density at radius 1 is 0.857 bits per heavy atom. The molecule has 2 aliphatic rings. The maximum atomic E-state index is 9.65. The van der Waals surface area contributed by atoms with Crippen LogP contribution in [0.1, 0.15) is 44.1 Å². The molecule has 0 bridgehead atoms. The fourth-order valence-electron chi connectivity index (χ4n) is 4.23. The largest absolute Gasteiger partial charge is 0.393 e. The SMILES string of the molecule is OC1CCC(Nc2cc(NC3CCN(Cc4ccccc4)CC3)ncn2)CC1. The van der Waals surface area contributed by atoms with Crippen molar-refractivity contribution in [1.29, 1.82) is 0 Å². The van der Waals surface area contributed by atoms with E-state index in [0.29, 0.717) is 12.1 Å². The topological polar surface area (TPSA) is 73.3 Å². The first kappa shape index (κ1) is 19.2. The van der Waals surface area contributed by atoms with Crippen molar-refractivity contribution >= 4 is 11.6 Å². The van der Waals surface area contributed by atoms with Crippen molar-refractivity contribution in [3.63, 3.8) is 0 Å². The van der Waals surface area contributed by atoms with Gasteiger partial charge >= 0.3 is 0 Å². The van der Waals surface area contributed by atoms with Crippen molar-refractivity contribution in [2.75, 3.05) is 23.7 Å². The highest BCUT2D eigenvalue weighted by molar-refractivity contribution is 5.47. The number of anilines is 2. The van der Waals surface area contributed by atoms with Gasteiger partial charge < -0.3 is 15.7 Å². The minimum atomic E-state index is -0.131. The Bertz CT molecular complexity index is 725. The van der Waals surface area contributed by atoms with Gasteiger partial charge in [-0.25, -0.2) is 9.97 Å². The second-order valence-electron chi connectivity index (χ2n) is 8.12. The molecule has 1 aliphatic carbocycles. The predicted molar refractivity (Wildman–Crippen MR) is 112 cm³/mol. The zero-order valence-electron chi connectivity index (χ0n) is 16.4. The molecule has 150 valence electrons. The average Bonchev–Trinajstić information content (AvgIpc) is 2.72. The van der Waals surface area contributed by atoms with E-state index in [1.54, 1.807) is 6.33 Å². The molecule has 0 amide bonds. The van der Waals surface area contributed by atoms with Crippen LogP contribution in [-0.4, -0.2) is 51.3 Å². The van der Waals surface area contributed by atoms with Crippen LogP contribution in [0.3, 0.4) is 0 Å². The molecule has 0 spiro atoms. The summed E-state index contributed by atoms with van der Waals surface area (Å²) >= 11 is 0. The van der Waals surface area contributed by atoms with E-state index in [4.69, 9.17) is 0 Å². The summed E-state index contributed by atoms with van der Waals surface area (Å²) in [5, 5.41) is 16.7. The van der Waals surface area contributed by atoms with Gasteiger partial charge in [-0.05, 0) is 44.1 Å². The summed E-state index contributed by atoms with van der Waals surface area (Å²) in [5.74, 6) is 1.77. The lowest BCUT2D eigenvalue weighted by molar-refractivity contribution is 0.126. The van der Waals surface area contributed by atoms with Gasteiger partial charge in [0.2, 0.25) is 0 Å². The highest BCUT2D eigenvalue weighted by Crippen LogP contribution is 2.23. The number of hydrogen-bond acceptors (Lipinski definition) is 6. The van der Waals surface area contributed by atoms with Crippen LogP contribution in [0.25, 0.3) is 0 Å². The number of piperidine rings is 1. The van der Waals surface area contributed by atoms with Gasteiger partial charge in [0.1, 0.15) is 18.0 Å². The third-order valence-electron chi connectivity index (χ3n) is 5.90. The van der Waals surface area contributed by atoms with E-state index >= 15 is 0 Å². The first-order chi connectivity index (χ1) is 13.7. The molecular weight excluding hydrogens is 350 g/mol. The van der Waals surface area contributed by atoms with Gasteiger partial charge in [0.05, 0.1) is 6.10 Å². The molecule has 28 heavy (non-hydrogen) atoms. The smallest absolute Gasteiger partial charge is 0.131 e. The van der Waals surface area contributed by atoms with E-state index in [1.807, 2.05) is 6.07 Å². The number of aromatic nitrogens is 2. The van der Waals surface area contributed by atoms with Crippen LogP contribution >= 0.6 is 0 Å². The third-order valence-corrected chi connectivity index (χ3v) is 5.90. The average molecular weight is 382 g/mol. The van der Waals surface area contributed by atoms with Gasteiger partial charge in [0.15, 0.2) is 0 Å². The normalized spacial score (nSPS) is 24.0. The van der Waals surface area contributed by atoms with E-state index in [2.05, 4.69) is 55.8 Å². The number of hydrogen-bond donors (Lipinski definition) is 3. The molecule has 0 atom stereocenters. The number of nitrogens with zero attached hydrogens (tertiary/aromatic N) is 3. The number of nitrogens with one attached hydrogen (secondary N) is 2. The number of rotatable bonds is 6. The van der Waals surface area contributed by atoms with E-state index in [-0.39, 0.29) is 6.10 Å². The Labute approximate surface area is 167 Å². The van der Waals surface area contributed by atoms with Crippen molar-refractivity contribution in [1.82, 2.24) is 14.9 Å². The van der Waals surface area contributed by atoms with E-state index in [1.165, 1.54) is 5.56 Å². The fourth-order valence-corrected chi connectivity index (χ4v) is 4.23. The van der Waals surface area contributed by atoms with Gasteiger partial charge in [-0.2, -0.15) is 0 Å². The molecule has 1 aromatic carbocycles. The third kappa shape index (κ3) is 5.42. The highest BCUT2D eigenvalue weighted by atomic mass is 16.3. The second-order valence-corrected chi connectivity index (χ2v) is 8.12. The van der Waals surface area contributed by atoms with Gasteiger partial charge in [-0.3, -0.25) is 4.90 Å². The monoisotopic (exact) mass is 381 g/mol. The van der Waals surface area contributed by atoms with Crippen molar-refractivity contribution in [2.24, 2.45) is 0 Å². The maximum absolute atomic E-state index is 9.65. The van der Waals surface area contributed by atoms with Crippen LogP contribution < -0.4 is 10.6 Å². The van der Waals surface area contributed by atoms with Crippen molar-refractivity contribution in [3.8, 4) is 0 Å². The molecule has 6 heteroatoms. The van der Waals surface area contributed by atoms with Crippen molar-refractivity contribution in [3.05, 3.63) is 48.3 Å². The van der Waals surface area contributed by atoms with Gasteiger partial charge in [0.25, 0.3) is 0 Å². The summed E-state index contributed by atoms with van der Waals surface area (Å²) in [4.78, 5) is 11.3. The lowest BCUT2D eigenvalue weighted by Gasteiger charge is -2.32. The molecular formula is C22H31N5O. The molecule has 1 saturated carbocycles. The standard InChI is InChI=1S/C22H31N5O/c28-20-8-6-18(7-9-20)25-21-14-22(24-16-23-21)26-19-10-12-27(13-11-19)15-17-4-2-1-3-5-17/h1-5,14,16,18-20,28H,6-13,15H2,(H2,23,24,25,26). The van der Waals surface area contributed by atoms with Gasteiger partial charge in [-0.15, -0.1) is 0 Å². The zero-order valence-corrected chi connectivity index (χ0v) is 16.4. The summed E-state index contributed by atoms with van der Waals surface area (Å²) in [6.07, 6.45) is 7.48. The Balaban J connectivity index is 1.25. The van der Waals surface area contributed by atoms with Crippen LogP contribution in [0.4, 0.5) is 11.6 Å². The summed E-state index contributed by atoms with van der Waals surface area (Å²) in [7, 11) is 0. The van der Waals surface area contributed by atoms with Crippen LogP contribution in [-0.2, 0) is 6.54 Å². The van der Waals surface area contributed by atoms with Crippen LogP contribution in [0.2, 0.25) is 0 Å². The molecule has 4 rings (SSSR count). The molecule has 0 radical (unpaired) electrons. The van der Waals surface area contributed by atoms with Crippen LogP contribution in [0.5, 0.6) is 0 Å². The molecule has 6 nitrogen and oxygen atoms in total. The molecule has 1 aliphatic heterocycles. The van der Waals surface area contributed by atoms with Crippen molar-refractivity contribution < 1.29 is 5.11 Å². The Morgan fingerprint density at radius 2 is 1.46 bits per heavy atom. The molecule has 1 aromatic heterocycles.